The molecule has 2 aliphatic rings. The second-order valence-corrected chi connectivity index (χ2v) is 9.13. The second kappa shape index (κ2) is 8.18. The van der Waals surface area contributed by atoms with Gasteiger partial charge in [0.15, 0.2) is 0 Å². The number of anilines is 1. The lowest BCUT2D eigenvalue weighted by Gasteiger charge is -2.47. The highest BCUT2D eigenvalue weighted by molar-refractivity contribution is 5.58. The first-order valence-electron chi connectivity index (χ1n) is 11.1. The maximum Gasteiger partial charge on any atom is 0.249 e. The molecule has 0 bridgehead atoms. The highest BCUT2D eigenvalue weighted by Gasteiger charge is 2.39. The predicted molar refractivity (Wildman–Crippen MR) is 118 cm³/mol. The van der Waals surface area contributed by atoms with Crippen LogP contribution in [0.1, 0.15) is 43.0 Å². The van der Waals surface area contributed by atoms with Crippen molar-refractivity contribution in [1.29, 1.82) is 0 Å². The predicted octanol–water partition coefficient (Wildman–Crippen LogP) is 0.378. The monoisotopic (exact) mass is 437 g/mol. The topological polar surface area (TPSA) is 117 Å². The van der Waals surface area contributed by atoms with E-state index in [0.717, 1.165) is 57.5 Å². The minimum Gasteiger partial charge on any atom is -0.385 e. The first kappa shape index (κ1) is 20.9. The van der Waals surface area contributed by atoms with E-state index in [1.54, 1.807) is 13.1 Å². The molecule has 0 aliphatic carbocycles. The summed E-state index contributed by atoms with van der Waals surface area (Å²) in [4.78, 5) is 32.2. The Kier molecular flexibility index (Phi) is 5.34. The van der Waals surface area contributed by atoms with Gasteiger partial charge in [-0.25, -0.2) is 0 Å². The lowest BCUT2D eigenvalue weighted by molar-refractivity contribution is 0.0437. The van der Waals surface area contributed by atoms with Crippen LogP contribution in [0.3, 0.4) is 0 Å². The van der Waals surface area contributed by atoms with Crippen LogP contribution >= 0.6 is 0 Å². The zero-order chi connectivity index (χ0) is 22.3. The van der Waals surface area contributed by atoms with E-state index < -0.39 is 6.10 Å². The quantitative estimate of drug-likeness (QED) is 0.565. The van der Waals surface area contributed by atoms with Gasteiger partial charge in [0.2, 0.25) is 10.9 Å². The summed E-state index contributed by atoms with van der Waals surface area (Å²) in [7, 11) is 0. The van der Waals surface area contributed by atoms with E-state index in [-0.39, 0.29) is 10.9 Å². The number of aliphatic hydroxyl groups is 1. The molecule has 4 heterocycles. The van der Waals surface area contributed by atoms with Crippen LogP contribution in [0.2, 0.25) is 0 Å². The Morgan fingerprint density at radius 1 is 1.06 bits per heavy atom. The number of hydrogen-bond donors (Lipinski definition) is 1. The van der Waals surface area contributed by atoms with Crippen molar-refractivity contribution in [2.45, 2.75) is 38.7 Å². The van der Waals surface area contributed by atoms with Gasteiger partial charge in [0, 0.05) is 25.2 Å². The van der Waals surface area contributed by atoms with Gasteiger partial charge in [-0.05, 0) is 73.7 Å². The van der Waals surface area contributed by atoms with Gasteiger partial charge in [-0.2, -0.15) is 4.68 Å². The minimum atomic E-state index is -0.647. The molecule has 1 aromatic carbocycles. The summed E-state index contributed by atoms with van der Waals surface area (Å²) >= 11 is 0. The van der Waals surface area contributed by atoms with Crippen molar-refractivity contribution in [3.63, 3.8) is 0 Å². The molecule has 5 rings (SSSR count). The molecule has 0 radical (unpaired) electrons. The number of piperidine rings is 2. The van der Waals surface area contributed by atoms with Gasteiger partial charge in [0.1, 0.15) is 12.4 Å². The number of β-amino-alcohol motifs (C(OH)–C–C–N with tert-alkyl or cyclic N) is 1. The normalized spacial score (nSPS) is 20.1. The molecule has 1 atom stereocenters. The number of rotatable bonds is 5. The molecule has 10 heteroatoms. The summed E-state index contributed by atoms with van der Waals surface area (Å²) < 4.78 is 1.52. The summed E-state index contributed by atoms with van der Waals surface area (Å²) in [5.41, 5.74) is 2.30. The van der Waals surface area contributed by atoms with Gasteiger partial charge in [-0.3, -0.25) is 14.6 Å². The van der Waals surface area contributed by atoms with E-state index in [1.165, 1.54) is 11.0 Å². The van der Waals surface area contributed by atoms with Crippen molar-refractivity contribution in [1.82, 2.24) is 30.1 Å². The molecule has 10 nitrogen and oxygen atoms in total. The highest BCUT2D eigenvalue weighted by Crippen LogP contribution is 2.42. The standard InChI is InChI=1S/C22H27N7O3/c1-15-19(21(32)20(15)31)28-10-6-22(7-11-28)4-8-27(9-5-22)13-18(30)17-3-2-16(12-23-17)29-14-24-25-26-29/h2-3,12,14,18,30H,4-11,13H2,1H3/t18-/m0/s1. The summed E-state index contributed by atoms with van der Waals surface area (Å²) in [6.45, 7) is 5.87. The fraction of sp³-hybridized carbons (Fsp3) is 0.545. The molecular weight excluding hydrogens is 410 g/mol. The number of hydrogen-bond acceptors (Lipinski definition) is 9. The van der Waals surface area contributed by atoms with Crippen LogP contribution in [0.25, 0.3) is 5.69 Å². The molecule has 2 fully saturated rings. The van der Waals surface area contributed by atoms with Crippen molar-refractivity contribution in [2.24, 2.45) is 5.41 Å². The van der Waals surface area contributed by atoms with Crippen molar-refractivity contribution >= 4 is 5.69 Å². The molecule has 2 aromatic heterocycles. The average molecular weight is 438 g/mol. The number of pyridine rings is 1. The Hall–Kier alpha value is -2.98. The van der Waals surface area contributed by atoms with E-state index in [1.807, 2.05) is 12.1 Å². The Morgan fingerprint density at radius 3 is 2.38 bits per heavy atom. The van der Waals surface area contributed by atoms with Gasteiger partial charge in [0.05, 0.1) is 23.3 Å². The zero-order valence-electron chi connectivity index (χ0n) is 18.1. The first-order chi connectivity index (χ1) is 15.5. The van der Waals surface area contributed by atoms with Crippen LogP contribution in [0.15, 0.2) is 34.2 Å². The van der Waals surface area contributed by atoms with Crippen LogP contribution in [-0.4, -0.2) is 67.9 Å². The Balaban J connectivity index is 1.13. The third kappa shape index (κ3) is 3.73. The molecule has 1 N–H and O–H groups in total. The first-order valence-corrected chi connectivity index (χ1v) is 11.1. The van der Waals surface area contributed by atoms with Gasteiger partial charge in [-0.15, -0.1) is 5.10 Å². The number of aromatic nitrogens is 5. The molecule has 168 valence electrons. The minimum absolute atomic E-state index is 0.301. The summed E-state index contributed by atoms with van der Waals surface area (Å²) in [6.07, 6.45) is 6.78. The number of aliphatic hydroxyl groups excluding tert-OH is 1. The Labute approximate surface area is 185 Å². The maximum atomic E-state index is 11.9. The Bertz CT molecular complexity index is 1130. The van der Waals surface area contributed by atoms with Crippen molar-refractivity contribution in [2.75, 3.05) is 37.6 Å². The average Bonchev–Trinajstić information content (AvgIpc) is 3.37. The molecule has 1 spiro atoms. The Morgan fingerprint density at radius 2 is 1.78 bits per heavy atom. The van der Waals surface area contributed by atoms with Gasteiger partial charge >= 0.3 is 0 Å². The third-order valence-corrected chi connectivity index (χ3v) is 7.33. The highest BCUT2D eigenvalue weighted by atomic mass is 16.3. The molecule has 0 unspecified atom stereocenters. The number of tetrazole rings is 1. The lowest BCUT2D eigenvalue weighted by Crippen LogP contribution is -2.50. The van der Waals surface area contributed by atoms with E-state index in [4.69, 9.17) is 0 Å². The van der Waals surface area contributed by atoms with E-state index in [9.17, 15) is 14.7 Å². The second-order valence-electron chi connectivity index (χ2n) is 9.13. The largest absolute Gasteiger partial charge is 0.385 e. The SMILES string of the molecule is Cc1c(N2CCC3(CCN(C[C@H](O)c4ccc(-n5cnnn5)cn4)CC3)CC2)c(=O)c1=O. The van der Waals surface area contributed by atoms with Gasteiger partial charge in [0.25, 0.3) is 0 Å². The molecule has 0 saturated carbocycles. The number of nitrogens with zero attached hydrogens (tertiary/aromatic N) is 7. The molecule has 3 aromatic rings. The smallest absolute Gasteiger partial charge is 0.249 e. The van der Waals surface area contributed by atoms with Crippen LogP contribution in [0.5, 0.6) is 0 Å². The maximum absolute atomic E-state index is 11.9. The van der Waals surface area contributed by atoms with Crippen LogP contribution in [-0.2, 0) is 0 Å². The molecule has 2 saturated heterocycles. The van der Waals surface area contributed by atoms with Crippen molar-refractivity contribution in [3.05, 3.63) is 56.4 Å². The van der Waals surface area contributed by atoms with Crippen LogP contribution < -0.4 is 15.8 Å². The van der Waals surface area contributed by atoms with Crippen LogP contribution in [0, 0.1) is 12.3 Å². The lowest BCUT2D eigenvalue weighted by atomic mass is 9.71. The number of likely N-dealkylation sites (tertiary alicyclic amines) is 1. The van der Waals surface area contributed by atoms with Gasteiger partial charge < -0.3 is 14.9 Å². The molecular formula is C22H27N7O3. The summed E-state index contributed by atoms with van der Waals surface area (Å²) in [5.74, 6) is 0. The van der Waals surface area contributed by atoms with Crippen molar-refractivity contribution < 1.29 is 5.11 Å². The van der Waals surface area contributed by atoms with Crippen LogP contribution in [0.4, 0.5) is 5.69 Å². The molecule has 32 heavy (non-hydrogen) atoms. The van der Waals surface area contributed by atoms with Crippen molar-refractivity contribution in [3.8, 4) is 5.69 Å². The zero-order valence-corrected chi connectivity index (χ0v) is 18.1. The van der Waals surface area contributed by atoms with E-state index in [0.29, 0.717) is 28.9 Å². The summed E-state index contributed by atoms with van der Waals surface area (Å²) in [6, 6.07) is 3.66. The van der Waals surface area contributed by atoms with E-state index in [2.05, 4.69) is 30.3 Å². The third-order valence-electron chi connectivity index (χ3n) is 7.33. The molecule has 0 amide bonds. The fourth-order valence-electron chi connectivity index (χ4n) is 5.14. The summed E-state index contributed by atoms with van der Waals surface area (Å²) in [5, 5.41) is 21.7. The molecule has 2 aliphatic heterocycles. The van der Waals surface area contributed by atoms with E-state index >= 15 is 0 Å². The van der Waals surface area contributed by atoms with Gasteiger partial charge in [-0.1, -0.05) is 0 Å². The fourth-order valence-corrected chi connectivity index (χ4v) is 5.14.